The van der Waals surface area contributed by atoms with Crippen LogP contribution < -0.4 is 10.2 Å². The van der Waals surface area contributed by atoms with Crippen LogP contribution in [-0.2, 0) is 4.79 Å². The Bertz CT molecular complexity index is 372. The Labute approximate surface area is 102 Å². The summed E-state index contributed by atoms with van der Waals surface area (Å²) < 4.78 is 5.04. The van der Waals surface area contributed by atoms with E-state index >= 15 is 0 Å². The molecule has 1 N–H and O–H groups in total. The fourth-order valence-electron chi connectivity index (χ4n) is 1.26. The summed E-state index contributed by atoms with van der Waals surface area (Å²) in [6, 6.07) is 7.45. The predicted octanol–water partition coefficient (Wildman–Crippen LogP) is 2.34. The van der Waals surface area contributed by atoms with Crippen molar-refractivity contribution in [2.45, 2.75) is 26.2 Å². The van der Waals surface area contributed by atoms with Gasteiger partial charge in [-0.25, -0.2) is 5.43 Å². The van der Waals surface area contributed by atoms with Gasteiger partial charge in [-0.05, 0) is 36.2 Å². The van der Waals surface area contributed by atoms with E-state index in [0.29, 0.717) is 6.42 Å². The molecule has 0 aromatic heterocycles. The molecule has 1 aromatic rings. The highest BCUT2D eigenvalue weighted by Gasteiger charge is 1.96. The number of hydrazone groups is 1. The summed E-state index contributed by atoms with van der Waals surface area (Å²) in [5.74, 6) is 0.755. The number of nitrogens with zero attached hydrogens (tertiary/aromatic N) is 1. The molecule has 4 heteroatoms. The number of hydrogen-bond acceptors (Lipinski definition) is 3. The van der Waals surface area contributed by atoms with Crippen molar-refractivity contribution in [2.75, 3.05) is 7.11 Å². The van der Waals surface area contributed by atoms with Crippen molar-refractivity contribution < 1.29 is 9.53 Å². The molecule has 0 unspecified atom stereocenters. The molecule has 17 heavy (non-hydrogen) atoms. The molecule has 92 valence electrons. The molecule has 0 heterocycles. The summed E-state index contributed by atoms with van der Waals surface area (Å²) >= 11 is 0. The van der Waals surface area contributed by atoms with Crippen LogP contribution in [0.3, 0.4) is 0 Å². The molecule has 0 saturated heterocycles. The van der Waals surface area contributed by atoms with Crippen LogP contribution in [0.2, 0.25) is 0 Å². The molecule has 0 aliphatic heterocycles. The molecule has 0 aliphatic rings. The number of amides is 1. The topological polar surface area (TPSA) is 50.7 Å². The molecule has 1 aromatic carbocycles. The fourth-order valence-corrected chi connectivity index (χ4v) is 1.26. The van der Waals surface area contributed by atoms with E-state index in [9.17, 15) is 4.79 Å². The third-order valence-electron chi connectivity index (χ3n) is 2.28. The van der Waals surface area contributed by atoms with Crippen LogP contribution in [0.15, 0.2) is 29.4 Å². The molecule has 0 aliphatic carbocycles. The first-order chi connectivity index (χ1) is 8.26. The average Bonchev–Trinajstić information content (AvgIpc) is 2.37. The third kappa shape index (κ3) is 5.15. The van der Waals surface area contributed by atoms with E-state index in [1.54, 1.807) is 13.3 Å². The lowest BCUT2D eigenvalue weighted by Gasteiger charge is -1.99. The first-order valence-corrected chi connectivity index (χ1v) is 5.72. The number of rotatable bonds is 6. The lowest BCUT2D eigenvalue weighted by molar-refractivity contribution is -0.121. The normalized spacial score (nSPS) is 10.5. The van der Waals surface area contributed by atoms with Gasteiger partial charge in [-0.3, -0.25) is 4.79 Å². The SMILES string of the molecule is CCCCC(=O)N/N=C\c1ccc(OC)cc1. The fraction of sp³-hybridized carbons (Fsp3) is 0.385. The zero-order valence-corrected chi connectivity index (χ0v) is 10.3. The Morgan fingerprint density at radius 2 is 2.12 bits per heavy atom. The predicted molar refractivity (Wildman–Crippen MR) is 68.3 cm³/mol. The lowest BCUT2D eigenvalue weighted by atomic mass is 10.2. The van der Waals surface area contributed by atoms with Gasteiger partial charge in [0.1, 0.15) is 5.75 Å². The van der Waals surface area contributed by atoms with E-state index in [1.807, 2.05) is 31.2 Å². The number of hydrogen-bond donors (Lipinski definition) is 1. The maximum atomic E-state index is 11.2. The molecule has 0 bridgehead atoms. The van der Waals surface area contributed by atoms with Crippen molar-refractivity contribution in [1.82, 2.24) is 5.43 Å². The van der Waals surface area contributed by atoms with Crippen LogP contribution in [0.1, 0.15) is 31.7 Å². The minimum Gasteiger partial charge on any atom is -0.497 e. The van der Waals surface area contributed by atoms with Crippen LogP contribution in [0.25, 0.3) is 0 Å². The van der Waals surface area contributed by atoms with E-state index in [2.05, 4.69) is 10.5 Å². The molecule has 0 spiro atoms. The lowest BCUT2D eigenvalue weighted by Crippen LogP contribution is -2.16. The van der Waals surface area contributed by atoms with Crippen molar-refractivity contribution >= 4 is 12.1 Å². The standard InChI is InChI=1S/C13H18N2O2/c1-3-4-5-13(16)15-14-10-11-6-8-12(17-2)9-7-11/h6-10H,3-5H2,1-2H3,(H,15,16)/b14-10-. The maximum Gasteiger partial charge on any atom is 0.240 e. The molecular weight excluding hydrogens is 216 g/mol. The minimum absolute atomic E-state index is 0.0448. The van der Waals surface area contributed by atoms with Gasteiger partial charge in [0.25, 0.3) is 0 Å². The quantitative estimate of drug-likeness (QED) is 0.606. The first kappa shape index (κ1) is 13.2. The van der Waals surface area contributed by atoms with Crippen LogP contribution in [0, 0.1) is 0 Å². The monoisotopic (exact) mass is 234 g/mol. The highest BCUT2D eigenvalue weighted by Crippen LogP contribution is 2.09. The minimum atomic E-state index is -0.0448. The molecule has 0 atom stereocenters. The van der Waals surface area contributed by atoms with Crippen molar-refractivity contribution in [3.63, 3.8) is 0 Å². The molecule has 0 saturated carbocycles. The van der Waals surface area contributed by atoms with Gasteiger partial charge in [0.2, 0.25) is 5.91 Å². The average molecular weight is 234 g/mol. The summed E-state index contributed by atoms with van der Waals surface area (Å²) in [5, 5.41) is 3.88. The Hall–Kier alpha value is -1.84. The Morgan fingerprint density at radius 3 is 2.71 bits per heavy atom. The summed E-state index contributed by atoms with van der Waals surface area (Å²) in [4.78, 5) is 11.2. The number of benzene rings is 1. The van der Waals surface area contributed by atoms with Crippen molar-refractivity contribution in [1.29, 1.82) is 0 Å². The Balaban J connectivity index is 2.39. The Morgan fingerprint density at radius 1 is 1.41 bits per heavy atom. The van der Waals surface area contributed by atoms with Gasteiger partial charge in [-0.1, -0.05) is 13.3 Å². The van der Waals surface area contributed by atoms with Crippen LogP contribution in [0.5, 0.6) is 5.75 Å². The largest absolute Gasteiger partial charge is 0.497 e. The molecule has 4 nitrogen and oxygen atoms in total. The highest BCUT2D eigenvalue weighted by atomic mass is 16.5. The van der Waals surface area contributed by atoms with Crippen molar-refractivity contribution in [3.05, 3.63) is 29.8 Å². The first-order valence-electron chi connectivity index (χ1n) is 5.72. The zero-order chi connectivity index (χ0) is 12.5. The second-order valence-corrected chi connectivity index (χ2v) is 3.67. The summed E-state index contributed by atoms with van der Waals surface area (Å²) in [7, 11) is 1.62. The maximum absolute atomic E-state index is 11.2. The molecule has 0 radical (unpaired) electrons. The smallest absolute Gasteiger partial charge is 0.240 e. The number of unbranched alkanes of at least 4 members (excludes halogenated alkanes) is 1. The summed E-state index contributed by atoms with van der Waals surface area (Å²) in [6.45, 7) is 2.05. The van der Waals surface area contributed by atoms with E-state index < -0.39 is 0 Å². The molecular formula is C13H18N2O2. The molecule has 1 amide bonds. The van der Waals surface area contributed by atoms with Gasteiger partial charge in [0.15, 0.2) is 0 Å². The Kier molecular flexibility index (Phi) is 5.79. The van der Waals surface area contributed by atoms with Crippen molar-refractivity contribution in [3.8, 4) is 5.75 Å². The van der Waals surface area contributed by atoms with Crippen LogP contribution in [-0.4, -0.2) is 19.2 Å². The van der Waals surface area contributed by atoms with Gasteiger partial charge in [0, 0.05) is 6.42 Å². The number of ether oxygens (including phenoxy) is 1. The van der Waals surface area contributed by atoms with E-state index in [-0.39, 0.29) is 5.91 Å². The van der Waals surface area contributed by atoms with Gasteiger partial charge >= 0.3 is 0 Å². The number of carbonyl (C=O) groups is 1. The third-order valence-corrected chi connectivity index (χ3v) is 2.28. The van der Waals surface area contributed by atoms with Gasteiger partial charge in [-0.2, -0.15) is 5.10 Å². The van der Waals surface area contributed by atoms with Gasteiger partial charge in [0.05, 0.1) is 13.3 Å². The molecule has 1 rings (SSSR count). The van der Waals surface area contributed by atoms with Crippen LogP contribution in [0.4, 0.5) is 0 Å². The number of methoxy groups -OCH3 is 1. The summed E-state index contributed by atoms with van der Waals surface area (Å²) in [6.07, 6.45) is 4.04. The zero-order valence-electron chi connectivity index (χ0n) is 10.3. The van der Waals surface area contributed by atoms with E-state index in [1.165, 1.54) is 0 Å². The number of carbonyl (C=O) groups excluding carboxylic acids is 1. The van der Waals surface area contributed by atoms with Gasteiger partial charge < -0.3 is 4.74 Å². The van der Waals surface area contributed by atoms with Crippen molar-refractivity contribution in [2.24, 2.45) is 5.10 Å². The van der Waals surface area contributed by atoms with E-state index in [4.69, 9.17) is 4.74 Å². The van der Waals surface area contributed by atoms with E-state index in [0.717, 1.165) is 24.2 Å². The highest BCUT2D eigenvalue weighted by molar-refractivity contribution is 5.82. The second-order valence-electron chi connectivity index (χ2n) is 3.67. The van der Waals surface area contributed by atoms with Gasteiger partial charge in [-0.15, -0.1) is 0 Å². The second kappa shape index (κ2) is 7.44. The van der Waals surface area contributed by atoms with Crippen LogP contribution >= 0.6 is 0 Å². The molecule has 0 fully saturated rings. The number of nitrogens with one attached hydrogen (secondary N) is 1. The summed E-state index contributed by atoms with van der Waals surface area (Å²) in [5.41, 5.74) is 3.41.